The molecule has 0 aliphatic carbocycles. The highest BCUT2D eigenvalue weighted by Crippen LogP contribution is 2.33. The lowest BCUT2D eigenvalue weighted by molar-refractivity contribution is 0.140. The molecule has 1 atom stereocenters. The van der Waals surface area contributed by atoms with Gasteiger partial charge in [0.15, 0.2) is 11.5 Å². The van der Waals surface area contributed by atoms with Gasteiger partial charge in [-0.2, -0.15) is 0 Å². The Morgan fingerprint density at radius 2 is 1.54 bits per heavy atom. The predicted octanol–water partition coefficient (Wildman–Crippen LogP) is 5.31. The highest BCUT2D eigenvalue weighted by molar-refractivity contribution is 5.65. The number of benzene rings is 2. The van der Waals surface area contributed by atoms with Crippen LogP contribution in [0, 0.1) is 0 Å². The molecule has 28 heavy (non-hydrogen) atoms. The largest absolute Gasteiger partial charge is 0.485 e. The first kappa shape index (κ1) is 21.9. The third-order valence-corrected chi connectivity index (χ3v) is 4.63. The lowest BCUT2D eigenvalue weighted by atomic mass is 10.2. The van der Waals surface area contributed by atoms with E-state index in [0.717, 1.165) is 25.4 Å². The van der Waals surface area contributed by atoms with Crippen molar-refractivity contribution in [3.8, 4) is 17.2 Å². The summed E-state index contributed by atoms with van der Waals surface area (Å²) in [6.07, 6.45) is 4.91. The minimum absolute atomic E-state index is 0.0648. The molecule has 0 spiro atoms. The number of hydrogen-bond acceptors (Lipinski definition) is 5. The molecule has 2 aromatic carbocycles. The minimum Gasteiger partial charge on any atom is -0.485 e. The van der Waals surface area contributed by atoms with Crippen LogP contribution in [-0.4, -0.2) is 30.6 Å². The van der Waals surface area contributed by atoms with Crippen molar-refractivity contribution in [3.05, 3.63) is 42.5 Å². The summed E-state index contributed by atoms with van der Waals surface area (Å²) < 4.78 is 12.2. The molecule has 0 fully saturated rings. The van der Waals surface area contributed by atoms with E-state index in [1.54, 1.807) is 12.1 Å². The van der Waals surface area contributed by atoms with Crippen LogP contribution in [0.1, 0.15) is 46.5 Å². The van der Waals surface area contributed by atoms with Crippen molar-refractivity contribution in [1.82, 2.24) is 4.90 Å². The van der Waals surface area contributed by atoms with Gasteiger partial charge in [0.05, 0.1) is 11.4 Å². The van der Waals surface area contributed by atoms with Gasteiger partial charge in [-0.1, -0.05) is 38.8 Å². The summed E-state index contributed by atoms with van der Waals surface area (Å²) in [6, 6.07) is 13.0. The Balaban J connectivity index is 2.03. The molecule has 2 rings (SSSR count). The molecule has 5 heteroatoms. The third-order valence-electron chi connectivity index (χ3n) is 4.63. The van der Waals surface area contributed by atoms with E-state index in [1.165, 1.54) is 25.7 Å². The monoisotopic (exact) mass is 385 g/mol. The second-order valence-corrected chi connectivity index (χ2v) is 7.28. The molecule has 1 unspecified atom stereocenters. The Kier molecular flexibility index (Phi) is 8.95. The number of para-hydroxylation sites is 2. The number of hydrogen-bond donors (Lipinski definition) is 2. The van der Waals surface area contributed by atoms with E-state index in [1.807, 2.05) is 30.3 Å². The Morgan fingerprint density at radius 3 is 2.14 bits per heavy atom. The van der Waals surface area contributed by atoms with E-state index in [-0.39, 0.29) is 6.10 Å². The van der Waals surface area contributed by atoms with Crippen LogP contribution in [0.4, 0.5) is 11.4 Å². The number of nitrogens with two attached hydrogens (primary N) is 2. The fraction of sp³-hybridized carbons (Fsp3) is 0.478. The van der Waals surface area contributed by atoms with Crippen LogP contribution < -0.4 is 20.9 Å². The van der Waals surface area contributed by atoms with Crippen molar-refractivity contribution in [2.45, 2.75) is 52.6 Å². The van der Waals surface area contributed by atoms with Gasteiger partial charge in [-0.05, 0) is 57.1 Å². The summed E-state index contributed by atoms with van der Waals surface area (Å²) in [5.41, 5.74) is 12.7. The zero-order valence-corrected chi connectivity index (χ0v) is 17.5. The fourth-order valence-electron chi connectivity index (χ4n) is 3.05. The summed E-state index contributed by atoms with van der Waals surface area (Å²) in [4.78, 5) is 2.50. The third kappa shape index (κ3) is 6.97. The molecule has 0 saturated heterocycles. The molecule has 4 N–H and O–H groups in total. The van der Waals surface area contributed by atoms with E-state index in [9.17, 15) is 0 Å². The van der Waals surface area contributed by atoms with E-state index < -0.39 is 0 Å². The molecule has 2 aromatic rings. The molecule has 0 aliphatic heterocycles. The van der Waals surface area contributed by atoms with E-state index in [0.29, 0.717) is 22.9 Å². The molecule has 0 heterocycles. The maximum Gasteiger partial charge on any atom is 0.169 e. The Morgan fingerprint density at radius 1 is 0.893 bits per heavy atom. The van der Waals surface area contributed by atoms with Crippen LogP contribution in [0.5, 0.6) is 17.2 Å². The van der Waals surface area contributed by atoms with E-state index >= 15 is 0 Å². The van der Waals surface area contributed by atoms with Crippen LogP contribution in [0.2, 0.25) is 0 Å². The Bertz CT molecular complexity index is 713. The molecular formula is C23H35N3O2. The van der Waals surface area contributed by atoms with Crippen molar-refractivity contribution in [3.63, 3.8) is 0 Å². The molecule has 0 aromatic heterocycles. The van der Waals surface area contributed by atoms with Gasteiger partial charge >= 0.3 is 0 Å². The van der Waals surface area contributed by atoms with Gasteiger partial charge in [-0.3, -0.25) is 4.90 Å². The molecule has 0 bridgehead atoms. The summed E-state index contributed by atoms with van der Waals surface area (Å²) >= 11 is 0. The van der Waals surface area contributed by atoms with Crippen molar-refractivity contribution in [2.24, 2.45) is 0 Å². The second-order valence-electron chi connectivity index (χ2n) is 7.28. The van der Waals surface area contributed by atoms with Crippen LogP contribution in [0.15, 0.2) is 42.5 Å². The van der Waals surface area contributed by atoms with Crippen molar-refractivity contribution >= 4 is 11.4 Å². The SMILES string of the molecule is CCCCN(CCCC)CC(C)Oc1ccccc1Oc1ccc(N)c(N)c1. The summed E-state index contributed by atoms with van der Waals surface area (Å²) in [7, 11) is 0. The summed E-state index contributed by atoms with van der Waals surface area (Å²) in [5, 5.41) is 0. The number of anilines is 2. The lowest BCUT2D eigenvalue weighted by Gasteiger charge is -2.26. The second kappa shape index (κ2) is 11.4. The van der Waals surface area contributed by atoms with Gasteiger partial charge in [0, 0.05) is 12.6 Å². The van der Waals surface area contributed by atoms with Crippen LogP contribution >= 0.6 is 0 Å². The molecule has 5 nitrogen and oxygen atoms in total. The first-order chi connectivity index (χ1) is 13.5. The van der Waals surface area contributed by atoms with Gasteiger partial charge in [0.25, 0.3) is 0 Å². The summed E-state index contributed by atoms with van der Waals surface area (Å²) in [5.74, 6) is 2.05. The molecule has 154 valence electrons. The van der Waals surface area contributed by atoms with Crippen LogP contribution in [-0.2, 0) is 0 Å². The topological polar surface area (TPSA) is 73.7 Å². The average molecular weight is 386 g/mol. The zero-order chi connectivity index (χ0) is 20.4. The van der Waals surface area contributed by atoms with Crippen molar-refractivity contribution < 1.29 is 9.47 Å². The normalized spacial score (nSPS) is 12.1. The van der Waals surface area contributed by atoms with Gasteiger partial charge in [-0.25, -0.2) is 0 Å². The van der Waals surface area contributed by atoms with Crippen LogP contribution in [0.3, 0.4) is 0 Å². The smallest absolute Gasteiger partial charge is 0.169 e. The molecule has 0 amide bonds. The fourth-order valence-corrected chi connectivity index (χ4v) is 3.05. The molecule has 0 saturated carbocycles. The molecule has 0 radical (unpaired) electrons. The number of rotatable bonds is 12. The first-order valence-electron chi connectivity index (χ1n) is 10.3. The van der Waals surface area contributed by atoms with Crippen molar-refractivity contribution in [2.75, 3.05) is 31.1 Å². The standard InChI is InChI=1S/C23H35N3O2/c1-4-6-14-26(15-7-5-2)17-18(3)27-22-10-8-9-11-23(22)28-19-12-13-20(24)21(25)16-19/h8-13,16,18H,4-7,14-15,17,24-25H2,1-3H3. The first-order valence-corrected chi connectivity index (χ1v) is 10.3. The van der Waals surface area contributed by atoms with Gasteiger partial charge in [-0.15, -0.1) is 0 Å². The Labute approximate surface area is 169 Å². The van der Waals surface area contributed by atoms with Crippen LogP contribution in [0.25, 0.3) is 0 Å². The van der Waals surface area contributed by atoms with Gasteiger partial charge in [0.2, 0.25) is 0 Å². The maximum atomic E-state index is 6.24. The Hall–Kier alpha value is -2.40. The molecule has 0 aliphatic rings. The van der Waals surface area contributed by atoms with E-state index in [4.69, 9.17) is 20.9 Å². The number of ether oxygens (including phenoxy) is 2. The maximum absolute atomic E-state index is 6.24. The predicted molar refractivity (Wildman–Crippen MR) is 118 cm³/mol. The van der Waals surface area contributed by atoms with Gasteiger partial charge in [0.1, 0.15) is 11.9 Å². The zero-order valence-electron chi connectivity index (χ0n) is 17.5. The highest BCUT2D eigenvalue weighted by Gasteiger charge is 2.14. The van der Waals surface area contributed by atoms with Gasteiger partial charge < -0.3 is 20.9 Å². The van der Waals surface area contributed by atoms with Crippen molar-refractivity contribution in [1.29, 1.82) is 0 Å². The number of nitrogens with zero attached hydrogens (tertiary/aromatic N) is 1. The minimum atomic E-state index is 0.0648. The summed E-state index contributed by atoms with van der Waals surface area (Å²) in [6.45, 7) is 9.72. The lowest BCUT2D eigenvalue weighted by Crippen LogP contribution is -2.35. The quantitative estimate of drug-likeness (QED) is 0.484. The highest BCUT2D eigenvalue weighted by atomic mass is 16.5. The molecular weight excluding hydrogens is 350 g/mol. The van der Waals surface area contributed by atoms with E-state index in [2.05, 4.69) is 25.7 Å². The average Bonchev–Trinajstić information content (AvgIpc) is 2.68. The number of unbranched alkanes of at least 4 members (excludes halogenated alkanes) is 2. The number of nitrogen functional groups attached to an aromatic ring is 2.